The normalized spacial score (nSPS) is 35.7. The summed E-state index contributed by atoms with van der Waals surface area (Å²) in [6.07, 6.45) is 1.37. The SMILES string of the molecule is C[C@@H]1C[C@H](C)N1C(C)(C)C. The molecule has 1 fully saturated rings. The molecule has 0 amide bonds. The second-order valence-corrected chi connectivity index (χ2v) is 4.51. The smallest absolute Gasteiger partial charge is 0.0130 e. The molecule has 2 atom stereocenters. The number of hydrogen-bond donors (Lipinski definition) is 0. The maximum absolute atomic E-state index is 2.58. The van der Waals surface area contributed by atoms with Crippen molar-refractivity contribution in [1.29, 1.82) is 0 Å². The van der Waals surface area contributed by atoms with Crippen LogP contribution in [0.15, 0.2) is 0 Å². The van der Waals surface area contributed by atoms with E-state index in [1.54, 1.807) is 0 Å². The summed E-state index contributed by atoms with van der Waals surface area (Å²) in [5, 5.41) is 0. The molecule has 0 saturated carbocycles. The van der Waals surface area contributed by atoms with Gasteiger partial charge < -0.3 is 0 Å². The molecule has 0 radical (unpaired) electrons. The average Bonchev–Trinajstić information content (AvgIpc) is 1.58. The molecule has 0 aromatic carbocycles. The largest absolute Gasteiger partial charge is 0.293 e. The van der Waals surface area contributed by atoms with E-state index >= 15 is 0 Å². The molecule has 1 heteroatoms. The van der Waals surface area contributed by atoms with Gasteiger partial charge in [0, 0.05) is 17.6 Å². The van der Waals surface area contributed by atoms with Crippen LogP contribution in [-0.4, -0.2) is 22.5 Å². The van der Waals surface area contributed by atoms with Crippen molar-refractivity contribution in [3.05, 3.63) is 0 Å². The standard InChI is InChI=1S/C9H19N/c1-7-6-8(2)10(7)9(3,4)5/h7-8H,6H2,1-5H3/t7-,8+. The van der Waals surface area contributed by atoms with E-state index in [1.165, 1.54) is 6.42 Å². The summed E-state index contributed by atoms with van der Waals surface area (Å²) in [4.78, 5) is 2.58. The minimum atomic E-state index is 0.372. The van der Waals surface area contributed by atoms with Crippen LogP contribution in [0.1, 0.15) is 41.0 Å². The van der Waals surface area contributed by atoms with Crippen molar-refractivity contribution in [2.75, 3.05) is 0 Å². The van der Waals surface area contributed by atoms with Crippen molar-refractivity contribution in [3.8, 4) is 0 Å². The number of rotatable bonds is 0. The minimum Gasteiger partial charge on any atom is -0.293 e. The molecule has 1 nitrogen and oxygen atoms in total. The van der Waals surface area contributed by atoms with Crippen LogP contribution >= 0.6 is 0 Å². The zero-order chi connectivity index (χ0) is 7.94. The van der Waals surface area contributed by atoms with Crippen LogP contribution in [0.5, 0.6) is 0 Å². The van der Waals surface area contributed by atoms with Gasteiger partial charge in [0.25, 0.3) is 0 Å². The van der Waals surface area contributed by atoms with Crippen LogP contribution in [0, 0.1) is 0 Å². The maximum atomic E-state index is 2.58. The third-order valence-electron chi connectivity index (χ3n) is 2.41. The second kappa shape index (κ2) is 2.23. The van der Waals surface area contributed by atoms with Crippen molar-refractivity contribution < 1.29 is 0 Å². The van der Waals surface area contributed by atoms with Gasteiger partial charge in [-0.15, -0.1) is 0 Å². The van der Waals surface area contributed by atoms with Gasteiger partial charge in [-0.25, -0.2) is 0 Å². The van der Waals surface area contributed by atoms with Crippen LogP contribution in [0.3, 0.4) is 0 Å². The highest BCUT2D eigenvalue weighted by Gasteiger charge is 2.38. The molecule has 10 heavy (non-hydrogen) atoms. The Balaban J connectivity index is 2.55. The van der Waals surface area contributed by atoms with Crippen LogP contribution in [0.25, 0.3) is 0 Å². The number of nitrogens with zero attached hydrogens (tertiary/aromatic N) is 1. The molecular weight excluding hydrogens is 122 g/mol. The van der Waals surface area contributed by atoms with E-state index in [0.717, 1.165) is 12.1 Å². The molecule has 0 unspecified atom stereocenters. The summed E-state index contributed by atoms with van der Waals surface area (Å²) in [6, 6.07) is 1.60. The monoisotopic (exact) mass is 141 g/mol. The predicted molar refractivity (Wildman–Crippen MR) is 45.1 cm³/mol. The van der Waals surface area contributed by atoms with Gasteiger partial charge in [0.15, 0.2) is 0 Å². The molecule has 1 heterocycles. The Bertz CT molecular complexity index is 115. The molecule has 1 saturated heterocycles. The van der Waals surface area contributed by atoms with Gasteiger partial charge in [-0.3, -0.25) is 4.90 Å². The molecular formula is C9H19N. The Morgan fingerprint density at radius 3 is 1.60 bits per heavy atom. The molecule has 0 N–H and O–H groups in total. The maximum Gasteiger partial charge on any atom is 0.0130 e. The van der Waals surface area contributed by atoms with Crippen molar-refractivity contribution >= 4 is 0 Å². The highest BCUT2D eigenvalue weighted by Crippen LogP contribution is 2.32. The zero-order valence-corrected chi connectivity index (χ0v) is 7.81. The summed E-state index contributed by atoms with van der Waals surface area (Å²) < 4.78 is 0. The Morgan fingerprint density at radius 2 is 1.50 bits per heavy atom. The Labute approximate surface area is 64.4 Å². The second-order valence-electron chi connectivity index (χ2n) is 4.51. The highest BCUT2D eigenvalue weighted by atomic mass is 15.3. The van der Waals surface area contributed by atoms with Gasteiger partial charge in [0.1, 0.15) is 0 Å². The third kappa shape index (κ3) is 1.20. The van der Waals surface area contributed by atoms with Gasteiger partial charge in [-0.2, -0.15) is 0 Å². The fourth-order valence-corrected chi connectivity index (χ4v) is 2.34. The Hall–Kier alpha value is -0.0400. The average molecular weight is 141 g/mol. The van der Waals surface area contributed by atoms with E-state index in [-0.39, 0.29) is 0 Å². The molecule has 1 rings (SSSR count). The van der Waals surface area contributed by atoms with E-state index in [9.17, 15) is 0 Å². The van der Waals surface area contributed by atoms with E-state index in [0.29, 0.717) is 5.54 Å². The topological polar surface area (TPSA) is 3.24 Å². The first-order valence-corrected chi connectivity index (χ1v) is 4.21. The highest BCUT2D eigenvalue weighted by molar-refractivity contribution is 4.94. The first-order valence-electron chi connectivity index (χ1n) is 4.21. The van der Waals surface area contributed by atoms with E-state index in [1.807, 2.05) is 0 Å². The summed E-state index contributed by atoms with van der Waals surface area (Å²) in [5.41, 5.74) is 0.372. The van der Waals surface area contributed by atoms with Crippen molar-refractivity contribution in [3.63, 3.8) is 0 Å². The van der Waals surface area contributed by atoms with Gasteiger partial charge in [0.2, 0.25) is 0 Å². The molecule has 0 aliphatic carbocycles. The van der Waals surface area contributed by atoms with Gasteiger partial charge >= 0.3 is 0 Å². The lowest BCUT2D eigenvalue weighted by atomic mass is 9.88. The van der Waals surface area contributed by atoms with Gasteiger partial charge in [-0.1, -0.05) is 0 Å². The van der Waals surface area contributed by atoms with Crippen LogP contribution in [0.2, 0.25) is 0 Å². The number of hydrogen-bond acceptors (Lipinski definition) is 1. The minimum absolute atomic E-state index is 0.372. The fourth-order valence-electron chi connectivity index (χ4n) is 2.34. The zero-order valence-electron chi connectivity index (χ0n) is 7.81. The molecule has 60 valence electrons. The van der Waals surface area contributed by atoms with Crippen LogP contribution in [0.4, 0.5) is 0 Å². The van der Waals surface area contributed by atoms with Crippen LogP contribution in [-0.2, 0) is 0 Å². The molecule has 1 aliphatic rings. The third-order valence-corrected chi connectivity index (χ3v) is 2.41. The predicted octanol–water partition coefficient (Wildman–Crippen LogP) is 2.27. The van der Waals surface area contributed by atoms with Gasteiger partial charge in [-0.05, 0) is 41.0 Å². The molecule has 0 bridgehead atoms. The summed E-state index contributed by atoms with van der Waals surface area (Å²) in [6.45, 7) is 11.5. The summed E-state index contributed by atoms with van der Waals surface area (Å²) >= 11 is 0. The van der Waals surface area contributed by atoms with Crippen LogP contribution < -0.4 is 0 Å². The van der Waals surface area contributed by atoms with Gasteiger partial charge in [0.05, 0.1) is 0 Å². The molecule has 0 aromatic heterocycles. The first-order chi connectivity index (χ1) is 4.43. The summed E-state index contributed by atoms with van der Waals surface area (Å²) in [7, 11) is 0. The lowest BCUT2D eigenvalue weighted by Gasteiger charge is -2.53. The number of likely N-dealkylation sites (tertiary alicyclic amines) is 1. The Morgan fingerprint density at radius 1 is 1.10 bits per heavy atom. The molecule has 1 aliphatic heterocycles. The molecule has 0 aromatic rings. The quantitative estimate of drug-likeness (QED) is 0.500. The van der Waals surface area contributed by atoms with E-state index in [2.05, 4.69) is 39.5 Å². The lowest BCUT2D eigenvalue weighted by Crippen LogP contribution is -2.61. The first kappa shape index (κ1) is 8.06. The van der Waals surface area contributed by atoms with Crippen molar-refractivity contribution in [2.45, 2.75) is 58.7 Å². The van der Waals surface area contributed by atoms with E-state index < -0.39 is 0 Å². The molecule has 0 spiro atoms. The Kier molecular flexibility index (Phi) is 1.80. The fraction of sp³-hybridized carbons (Fsp3) is 1.00. The van der Waals surface area contributed by atoms with E-state index in [4.69, 9.17) is 0 Å². The summed E-state index contributed by atoms with van der Waals surface area (Å²) in [5.74, 6) is 0. The lowest BCUT2D eigenvalue weighted by molar-refractivity contribution is -0.0406. The van der Waals surface area contributed by atoms with Crippen molar-refractivity contribution in [1.82, 2.24) is 4.90 Å². The van der Waals surface area contributed by atoms with Crippen molar-refractivity contribution in [2.24, 2.45) is 0 Å².